The van der Waals surface area contributed by atoms with E-state index in [1.54, 1.807) is 0 Å². The molecule has 5 aromatic carbocycles. The average molecular weight is 966 g/mol. The number of nitrogens with one attached hydrogen (secondary N) is 2. The van der Waals surface area contributed by atoms with Crippen molar-refractivity contribution < 1.29 is 70.3 Å². The van der Waals surface area contributed by atoms with Gasteiger partial charge >= 0.3 is 11.9 Å². The second kappa shape index (κ2) is 20.0. The van der Waals surface area contributed by atoms with Crippen molar-refractivity contribution in [1.29, 1.82) is 0 Å². The molecule has 67 heavy (non-hydrogen) atoms. The van der Waals surface area contributed by atoms with Gasteiger partial charge in [0.15, 0.2) is 17.1 Å². The molecule has 5 rings (SSSR count). The number of amides is 2. The van der Waals surface area contributed by atoms with Crippen LogP contribution in [0.3, 0.4) is 0 Å². The number of nitro groups is 2. The fourth-order valence-corrected chi connectivity index (χ4v) is 7.14. The van der Waals surface area contributed by atoms with Gasteiger partial charge in [-0.1, -0.05) is 0 Å². The molecule has 2 amide bonds. The third-order valence-corrected chi connectivity index (χ3v) is 10.7. The standard InChI is InChI=1S/C37H31N11O17S2/c1-17-12-20(4-5-22(17)42-43-23-6-2-18(13-26(23)47(56)57)39-30(49)8-10-32(51)52)41-45-25-16-28(66(60,61)62)21-15-29(67(63,64)65)36(37(55)34(21)35(25)38)46-44-24-7-3-19(14-27(24)48(58)59)40-31(50)9-11-33(53)54/h2-7,12-16,55H,8-11,38H2,1H3,(H,39,49)(H,40,50)(H,51,52)(H,53,54)(H,60,61,62)(H,63,64,65)/b43-42+,45-41+,46-44+. The molecule has 0 radical (unpaired) electrons. The summed E-state index contributed by atoms with van der Waals surface area (Å²) in [4.78, 5) is 65.1. The van der Waals surface area contributed by atoms with Crippen molar-refractivity contribution in [3.05, 3.63) is 92.5 Å². The minimum Gasteiger partial charge on any atom is -0.505 e. The molecule has 0 aromatic heterocycles. The molecule has 30 heteroatoms. The van der Waals surface area contributed by atoms with Gasteiger partial charge in [0.1, 0.15) is 21.2 Å². The van der Waals surface area contributed by atoms with Gasteiger partial charge in [-0.05, 0) is 67.1 Å². The number of aliphatic carboxylic acids is 2. The number of carbonyl (C=O) groups excluding carboxylic acids is 2. The van der Waals surface area contributed by atoms with Gasteiger partial charge in [0.05, 0.1) is 45.1 Å². The van der Waals surface area contributed by atoms with Gasteiger partial charge in [0.25, 0.3) is 31.6 Å². The fourth-order valence-electron chi connectivity index (χ4n) is 5.79. The van der Waals surface area contributed by atoms with Crippen molar-refractivity contribution in [3.8, 4) is 5.75 Å². The maximum Gasteiger partial charge on any atom is 0.303 e. The number of rotatable bonds is 18. The van der Waals surface area contributed by atoms with Crippen molar-refractivity contribution in [3.63, 3.8) is 0 Å². The van der Waals surface area contributed by atoms with Crippen molar-refractivity contribution in [1.82, 2.24) is 0 Å². The summed E-state index contributed by atoms with van der Waals surface area (Å²) in [5.41, 5.74) is 2.18. The van der Waals surface area contributed by atoms with Crippen molar-refractivity contribution in [2.45, 2.75) is 42.4 Å². The minimum absolute atomic E-state index is 0.00163. The molecule has 0 heterocycles. The van der Waals surface area contributed by atoms with Crippen LogP contribution in [0, 0.1) is 27.2 Å². The summed E-state index contributed by atoms with van der Waals surface area (Å²) in [7, 11) is -10.8. The number of benzene rings is 5. The fraction of sp³-hybridized carbons (Fsp3) is 0.135. The molecule has 0 saturated heterocycles. The smallest absolute Gasteiger partial charge is 0.303 e. The molecule has 0 bridgehead atoms. The van der Waals surface area contributed by atoms with Gasteiger partial charge in [-0.2, -0.15) is 27.1 Å². The molecule has 0 unspecified atom stereocenters. The van der Waals surface area contributed by atoms with Gasteiger partial charge in [0, 0.05) is 41.7 Å². The molecular weight excluding hydrogens is 935 g/mol. The highest BCUT2D eigenvalue weighted by molar-refractivity contribution is 7.86. The van der Waals surface area contributed by atoms with E-state index in [1.807, 2.05) is 0 Å². The van der Waals surface area contributed by atoms with Crippen LogP contribution in [0.1, 0.15) is 31.2 Å². The molecular formula is C37H31N11O17S2. The normalized spacial score (nSPS) is 11.9. The zero-order chi connectivity index (χ0) is 49.5. The van der Waals surface area contributed by atoms with E-state index in [-0.39, 0.29) is 34.9 Å². The Morgan fingerprint density at radius 3 is 1.55 bits per heavy atom. The first-order valence-corrected chi connectivity index (χ1v) is 21.2. The number of nitrogens with zero attached hydrogens (tertiary/aromatic N) is 8. The topological polar surface area (TPSA) is 448 Å². The van der Waals surface area contributed by atoms with Crippen molar-refractivity contribution in [2.24, 2.45) is 30.7 Å². The van der Waals surface area contributed by atoms with Gasteiger partial charge in [-0.3, -0.25) is 48.5 Å². The summed E-state index contributed by atoms with van der Waals surface area (Å²) in [5.74, 6) is -5.27. The van der Waals surface area contributed by atoms with E-state index in [0.29, 0.717) is 17.7 Å². The van der Waals surface area contributed by atoms with Crippen molar-refractivity contribution in [2.75, 3.05) is 16.4 Å². The third-order valence-electron chi connectivity index (χ3n) is 8.89. The predicted octanol–water partition coefficient (Wildman–Crippen LogP) is 7.60. The SMILES string of the molecule is Cc1cc(/N=N/c2cc(S(=O)(=O)O)c3cc(S(=O)(=O)O)c(/N=N/c4ccc(NC(=O)CCC(=O)O)cc4[N+](=O)[O-])c(O)c3c2N)ccc1/N=N/c1ccc(NC(=O)CCC(=O)O)cc1[N+](=O)[O-]. The number of carbonyl (C=O) groups is 4. The highest BCUT2D eigenvalue weighted by Crippen LogP contribution is 2.49. The highest BCUT2D eigenvalue weighted by Gasteiger charge is 2.29. The van der Waals surface area contributed by atoms with Gasteiger partial charge in [-0.15, -0.1) is 20.5 Å². The summed E-state index contributed by atoms with van der Waals surface area (Å²) < 4.78 is 70.6. The van der Waals surface area contributed by atoms with Crippen LogP contribution in [0.25, 0.3) is 10.8 Å². The number of phenols is 1. The maximum absolute atomic E-state index is 12.6. The molecule has 0 aliphatic heterocycles. The van der Waals surface area contributed by atoms with Crippen molar-refractivity contribution >= 4 is 117 Å². The van der Waals surface area contributed by atoms with Crippen LogP contribution < -0.4 is 16.4 Å². The number of phenolic OH excluding ortho intramolecular Hbond substituents is 1. The number of carboxylic acids is 2. The third kappa shape index (κ3) is 12.3. The number of carboxylic acid groups (broad SMARTS) is 2. The number of aromatic hydroxyl groups is 1. The zero-order valence-corrected chi connectivity index (χ0v) is 35.4. The first kappa shape index (κ1) is 49.3. The second-order valence-electron chi connectivity index (χ2n) is 13.6. The molecule has 28 nitrogen and oxygen atoms in total. The van der Waals surface area contributed by atoms with Crippen LogP contribution in [-0.2, 0) is 39.4 Å². The van der Waals surface area contributed by atoms with Gasteiger partial charge in [0.2, 0.25) is 11.8 Å². The second-order valence-corrected chi connectivity index (χ2v) is 16.4. The van der Waals surface area contributed by atoms with Crippen LogP contribution in [0.15, 0.2) is 107 Å². The summed E-state index contributed by atoms with van der Waals surface area (Å²) in [6.07, 6.45) is -1.85. The molecule has 0 fully saturated rings. The number of azo groups is 3. The molecule has 5 aromatic rings. The lowest BCUT2D eigenvalue weighted by Gasteiger charge is -2.14. The van der Waals surface area contributed by atoms with E-state index in [0.717, 1.165) is 24.3 Å². The Bertz CT molecular complexity index is 3250. The number of hydrogen-bond donors (Lipinski definition) is 8. The molecule has 0 saturated carbocycles. The Hall–Kier alpha value is -8.74. The molecule has 0 atom stereocenters. The van der Waals surface area contributed by atoms with Crippen LogP contribution in [0.4, 0.5) is 62.6 Å². The Balaban J connectivity index is 1.52. The summed E-state index contributed by atoms with van der Waals surface area (Å²) in [6.45, 7) is 1.53. The van der Waals surface area contributed by atoms with Crippen LogP contribution in [0.2, 0.25) is 0 Å². The van der Waals surface area contributed by atoms with E-state index < -0.39 is 134 Å². The van der Waals surface area contributed by atoms with Crippen LogP contribution >= 0.6 is 0 Å². The monoisotopic (exact) mass is 965 g/mol. The van der Waals surface area contributed by atoms with E-state index in [1.165, 1.54) is 37.3 Å². The number of aryl methyl sites for hydroxylation is 1. The summed E-state index contributed by atoms with van der Waals surface area (Å²) in [6, 6.07) is 11.5. The molecule has 348 valence electrons. The number of nitro benzene ring substituents is 2. The lowest BCUT2D eigenvalue weighted by atomic mass is 10.0. The number of nitrogen functional groups attached to an aromatic ring is 1. The summed E-state index contributed by atoms with van der Waals surface area (Å²) in [5, 5.41) is 78.9. The lowest BCUT2D eigenvalue weighted by molar-refractivity contribution is -0.384. The van der Waals surface area contributed by atoms with E-state index in [4.69, 9.17) is 15.9 Å². The largest absolute Gasteiger partial charge is 0.505 e. The number of fused-ring (bicyclic) bond motifs is 1. The molecule has 0 aliphatic rings. The molecule has 0 spiro atoms. The lowest BCUT2D eigenvalue weighted by Crippen LogP contribution is -2.13. The average Bonchev–Trinajstić information content (AvgIpc) is 3.23. The van der Waals surface area contributed by atoms with E-state index in [9.17, 15) is 70.5 Å². The van der Waals surface area contributed by atoms with Crippen LogP contribution in [-0.4, -0.2) is 74.9 Å². The van der Waals surface area contributed by atoms with Gasteiger partial charge < -0.3 is 31.7 Å². The number of nitrogens with two attached hydrogens (primary N) is 1. The van der Waals surface area contributed by atoms with E-state index in [2.05, 4.69) is 41.3 Å². The minimum atomic E-state index is -5.45. The zero-order valence-electron chi connectivity index (χ0n) is 33.8. The predicted molar refractivity (Wildman–Crippen MR) is 231 cm³/mol. The Morgan fingerprint density at radius 1 is 0.627 bits per heavy atom. The number of anilines is 3. The number of hydrogen-bond acceptors (Lipinski definition) is 20. The quantitative estimate of drug-likeness (QED) is 0.0138. The summed E-state index contributed by atoms with van der Waals surface area (Å²) >= 11 is 0. The first-order chi connectivity index (χ1) is 31.3. The Morgan fingerprint density at radius 2 is 1.09 bits per heavy atom. The Labute approximate surface area is 374 Å². The first-order valence-electron chi connectivity index (χ1n) is 18.4. The Kier molecular flexibility index (Phi) is 14.7. The maximum atomic E-state index is 12.6. The van der Waals surface area contributed by atoms with E-state index >= 15 is 0 Å². The molecule has 9 N–H and O–H groups in total. The van der Waals surface area contributed by atoms with Crippen LogP contribution in [0.5, 0.6) is 5.75 Å². The van der Waals surface area contributed by atoms with Gasteiger partial charge in [-0.25, -0.2) is 0 Å². The highest BCUT2D eigenvalue weighted by atomic mass is 32.2. The molecule has 0 aliphatic carbocycles.